The highest BCUT2D eigenvalue weighted by Crippen LogP contribution is 2.42. The summed E-state index contributed by atoms with van der Waals surface area (Å²) in [5.74, 6) is 3.24. The molecular formula is C22H42N6. The Labute approximate surface area is 171 Å². The fraction of sp³-hybridized carbons (Fsp3) is 0.864. The van der Waals surface area contributed by atoms with Crippen molar-refractivity contribution in [3.63, 3.8) is 0 Å². The minimum absolute atomic E-state index is 0.207. The van der Waals surface area contributed by atoms with E-state index in [0.29, 0.717) is 17.3 Å². The largest absolute Gasteiger partial charge is 0.368 e. The van der Waals surface area contributed by atoms with Crippen LogP contribution in [-0.4, -0.2) is 28.0 Å². The molecule has 1 aromatic rings. The van der Waals surface area contributed by atoms with Crippen molar-refractivity contribution in [2.75, 3.05) is 29.5 Å². The van der Waals surface area contributed by atoms with Gasteiger partial charge in [0.15, 0.2) is 0 Å². The standard InChI is InChI=1S/C22H42N6/c1-6-7-9-17(4)13-22(5,12-16(2)3)14-18-10-8-11-28(15-18)21-26-19(23)25-20(24)27-21/h16-18H,6-15H2,1-5H3,(H4,23,24,25,26,27). The fourth-order valence-corrected chi connectivity index (χ4v) is 5.38. The molecule has 3 unspecified atom stereocenters. The molecule has 1 saturated heterocycles. The molecule has 2 heterocycles. The highest BCUT2D eigenvalue weighted by Gasteiger charge is 2.33. The second kappa shape index (κ2) is 10.3. The predicted octanol–water partition coefficient (Wildman–Crippen LogP) is 4.91. The molecule has 0 aliphatic carbocycles. The minimum atomic E-state index is 0.207. The van der Waals surface area contributed by atoms with Gasteiger partial charge in [0, 0.05) is 13.1 Å². The molecule has 6 heteroatoms. The number of unbranched alkanes of at least 4 members (excludes halogenated alkanes) is 1. The lowest BCUT2D eigenvalue weighted by Crippen LogP contribution is -2.39. The van der Waals surface area contributed by atoms with Crippen molar-refractivity contribution in [3.8, 4) is 0 Å². The number of nitrogens with two attached hydrogens (primary N) is 2. The summed E-state index contributed by atoms with van der Waals surface area (Å²) in [4.78, 5) is 14.8. The van der Waals surface area contributed by atoms with Gasteiger partial charge in [0.25, 0.3) is 0 Å². The lowest BCUT2D eigenvalue weighted by atomic mass is 9.68. The molecule has 3 atom stereocenters. The van der Waals surface area contributed by atoms with Crippen molar-refractivity contribution in [1.29, 1.82) is 0 Å². The summed E-state index contributed by atoms with van der Waals surface area (Å²) in [6, 6.07) is 0. The lowest BCUT2D eigenvalue weighted by molar-refractivity contribution is 0.141. The van der Waals surface area contributed by atoms with Crippen LogP contribution in [0.2, 0.25) is 0 Å². The third-order valence-corrected chi connectivity index (χ3v) is 6.03. The van der Waals surface area contributed by atoms with Crippen LogP contribution >= 0.6 is 0 Å². The maximum atomic E-state index is 5.78. The van der Waals surface area contributed by atoms with Crippen molar-refractivity contribution >= 4 is 17.8 Å². The van der Waals surface area contributed by atoms with Gasteiger partial charge in [-0.2, -0.15) is 15.0 Å². The summed E-state index contributed by atoms with van der Waals surface area (Å²) in [5.41, 5.74) is 12.0. The number of piperidine rings is 1. The maximum absolute atomic E-state index is 5.78. The van der Waals surface area contributed by atoms with Crippen LogP contribution in [0.1, 0.15) is 86.0 Å². The molecule has 0 spiro atoms. The summed E-state index contributed by atoms with van der Waals surface area (Å²) in [6.45, 7) is 13.9. The van der Waals surface area contributed by atoms with Crippen molar-refractivity contribution in [3.05, 3.63) is 0 Å². The van der Waals surface area contributed by atoms with E-state index in [0.717, 1.165) is 24.9 Å². The molecule has 0 radical (unpaired) electrons. The predicted molar refractivity (Wildman–Crippen MR) is 119 cm³/mol. The lowest BCUT2D eigenvalue weighted by Gasteiger charge is -2.40. The van der Waals surface area contributed by atoms with Gasteiger partial charge in [-0.05, 0) is 55.3 Å². The van der Waals surface area contributed by atoms with Crippen LogP contribution in [0.15, 0.2) is 0 Å². The van der Waals surface area contributed by atoms with Gasteiger partial charge in [0.05, 0.1) is 0 Å². The van der Waals surface area contributed by atoms with Crippen molar-refractivity contribution in [1.82, 2.24) is 15.0 Å². The van der Waals surface area contributed by atoms with E-state index < -0.39 is 0 Å². The van der Waals surface area contributed by atoms with E-state index in [9.17, 15) is 0 Å². The van der Waals surface area contributed by atoms with Crippen LogP contribution in [0.3, 0.4) is 0 Å². The SMILES string of the molecule is CCCCC(C)CC(C)(CC(C)C)CC1CCCN(c2nc(N)nc(N)n2)C1. The number of hydrogen-bond acceptors (Lipinski definition) is 6. The van der Waals surface area contributed by atoms with Crippen molar-refractivity contribution in [2.45, 2.75) is 86.0 Å². The van der Waals surface area contributed by atoms with Crippen LogP contribution in [0.4, 0.5) is 17.8 Å². The summed E-state index contributed by atoms with van der Waals surface area (Å²) < 4.78 is 0. The zero-order chi connectivity index (χ0) is 20.7. The summed E-state index contributed by atoms with van der Waals surface area (Å²) in [7, 11) is 0. The normalized spacial score (nSPS) is 20.9. The third kappa shape index (κ3) is 7.10. The molecule has 0 amide bonds. The second-order valence-electron chi connectivity index (χ2n) is 9.87. The van der Waals surface area contributed by atoms with Crippen LogP contribution < -0.4 is 16.4 Å². The average Bonchev–Trinajstić information content (AvgIpc) is 2.58. The Hall–Kier alpha value is -1.59. The number of aromatic nitrogens is 3. The van der Waals surface area contributed by atoms with E-state index in [2.05, 4.69) is 54.5 Å². The quantitative estimate of drug-likeness (QED) is 0.589. The Kier molecular flexibility index (Phi) is 8.32. The Bertz CT molecular complexity index is 584. The second-order valence-corrected chi connectivity index (χ2v) is 9.87. The zero-order valence-electron chi connectivity index (χ0n) is 18.7. The summed E-state index contributed by atoms with van der Waals surface area (Å²) >= 11 is 0. The number of nitrogens with zero attached hydrogens (tertiary/aromatic N) is 4. The Morgan fingerprint density at radius 3 is 2.39 bits per heavy atom. The van der Waals surface area contributed by atoms with Gasteiger partial charge in [-0.25, -0.2) is 0 Å². The molecular weight excluding hydrogens is 348 g/mol. The van der Waals surface area contributed by atoms with Crippen LogP contribution in [0.25, 0.3) is 0 Å². The summed E-state index contributed by atoms with van der Waals surface area (Å²) in [6.07, 6.45) is 10.3. The average molecular weight is 391 g/mol. The van der Waals surface area contributed by atoms with Crippen molar-refractivity contribution in [2.24, 2.45) is 23.2 Å². The molecule has 0 aromatic carbocycles. The van der Waals surface area contributed by atoms with Crippen LogP contribution in [0.5, 0.6) is 0 Å². The third-order valence-electron chi connectivity index (χ3n) is 6.03. The molecule has 160 valence electrons. The molecule has 6 nitrogen and oxygen atoms in total. The van der Waals surface area contributed by atoms with E-state index in [4.69, 9.17) is 11.5 Å². The number of nitrogen functional groups attached to an aromatic ring is 2. The van der Waals surface area contributed by atoms with Gasteiger partial charge in [-0.15, -0.1) is 0 Å². The molecule has 28 heavy (non-hydrogen) atoms. The Morgan fingerprint density at radius 2 is 1.79 bits per heavy atom. The molecule has 1 fully saturated rings. The van der Waals surface area contributed by atoms with Gasteiger partial charge in [0.1, 0.15) is 0 Å². The molecule has 1 aliphatic rings. The molecule has 0 bridgehead atoms. The van der Waals surface area contributed by atoms with E-state index in [-0.39, 0.29) is 11.9 Å². The number of anilines is 3. The van der Waals surface area contributed by atoms with Gasteiger partial charge < -0.3 is 16.4 Å². The van der Waals surface area contributed by atoms with E-state index >= 15 is 0 Å². The number of rotatable bonds is 10. The van der Waals surface area contributed by atoms with Crippen molar-refractivity contribution < 1.29 is 0 Å². The van der Waals surface area contributed by atoms with E-state index in [1.807, 2.05) is 0 Å². The molecule has 1 aliphatic heterocycles. The van der Waals surface area contributed by atoms with Crippen LogP contribution in [-0.2, 0) is 0 Å². The maximum Gasteiger partial charge on any atom is 0.231 e. The fourth-order valence-electron chi connectivity index (χ4n) is 5.38. The van der Waals surface area contributed by atoms with E-state index in [1.165, 1.54) is 51.4 Å². The first-order valence-corrected chi connectivity index (χ1v) is 11.2. The molecule has 0 saturated carbocycles. The first-order chi connectivity index (χ1) is 13.2. The van der Waals surface area contributed by atoms with E-state index in [1.54, 1.807) is 0 Å². The molecule has 2 rings (SSSR count). The number of hydrogen-bond donors (Lipinski definition) is 2. The monoisotopic (exact) mass is 390 g/mol. The molecule has 4 N–H and O–H groups in total. The Balaban J connectivity index is 2.05. The zero-order valence-corrected chi connectivity index (χ0v) is 18.7. The van der Waals surface area contributed by atoms with Gasteiger partial charge >= 0.3 is 0 Å². The highest BCUT2D eigenvalue weighted by atomic mass is 15.3. The van der Waals surface area contributed by atoms with Gasteiger partial charge in [-0.3, -0.25) is 0 Å². The molecule has 1 aromatic heterocycles. The minimum Gasteiger partial charge on any atom is -0.368 e. The van der Waals surface area contributed by atoms with Gasteiger partial charge in [-0.1, -0.05) is 53.9 Å². The summed E-state index contributed by atoms with van der Waals surface area (Å²) in [5, 5.41) is 0. The highest BCUT2D eigenvalue weighted by molar-refractivity contribution is 5.40. The van der Waals surface area contributed by atoms with Crippen LogP contribution in [0, 0.1) is 23.2 Å². The smallest absolute Gasteiger partial charge is 0.231 e. The first-order valence-electron chi connectivity index (χ1n) is 11.2. The topological polar surface area (TPSA) is 94.0 Å². The first kappa shape index (κ1) is 22.7. The Morgan fingerprint density at radius 1 is 1.11 bits per heavy atom. The van der Waals surface area contributed by atoms with Gasteiger partial charge in [0.2, 0.25) is 17.8 Å².